The number of aromatic nitrogens is 1. The van der Waals surface area contributed by atoms with Crippen molar-refractivity contribution in [1.82, 2.24) is 14.8 Å². The van der Waals surface area contributed by atoms with E-state index in [-0.39, 0.29) is 11.5 Å². The van der Waals surface area contributed by atoms with Crippen LogP contribution in [0.5, 0.6) is 11.6 Å². The van der Waals surface area contributed by atoms with Gasteiger partial charge in [0.05, 0.1) is 5.60 Å². The third-order valence-electron chi connectivity index (χ3n) is 6.28. The molecule has 3 aromatic rings. The Morgan fingerprint density at radius 2 is 1.88 bits per heavy atom. The summed E-state index contributed by atoms with van der Waals surface area (Å²) in [5, 5.41) is 0. The molecule has 0 aliphatic carbocycles. The number of benzene rings is 2. The lowest BCUT2D eigenvalue weighted by Gasteiger charge is -2.38. The van der Waals surface area contributed by atoms with Gasteiger partial charge in [0.2, 0.25) is 5.88 Å². The minimum atomic E-state index is -0.179. The van der Waals surface area contributed by atoms with Gasteiger partial charge in [-0.1, -0.05) is 46.3 Å². The number of pyridine rings is 1. The second-order valence-electron chi connectivity index (χ2n) is 8.64. The molecular formula is C26H26BrN3O3. The summed E-state index contributed by atoms with van der Waals surface area (Å²) >= 11 is 3.54. The number of amides is 1. The van der Waals surface area contributed by atoms with Crippen molar-refractivity contribution in [3.8, 4) is 11.6 Å². The molecule has 2 aliphatic rings. The molecule has 1 spiro atoms. The lowest BCUT2D eigenvalue weighted by atomic mass is 9.91. The summed E-state index contributed by atoms with van der Waals surface area (Å²) in [4.78, 5) is 21.8. The van der Waals surface area contributed by atoms with Gasteiger partial charge in [-0.15, -0.1) is 0 Å². The summed E-state index contributed by atoms with van der Waals surface area (Å²) in [6.45, 7) is 3.68. The van der Waals surface area contributed by atoms with Crippen molar-refractivity contribution in [1.29, 1.82) is 0 Å². The van der Waals surface area contributed by atoms with Crippen molar-refractivity contribution in [2.24, 2.45) is 0 Å². The van der Waals surface area contributed by atoms with Crippen LogP contribution in [0, 0.1) is 0 Å². The van der Waals surface area contributed by atoms with Crippen LogP contribution in [0.2, 0.25) is 0 Å². The van der Waals surface area contributed by atoms with Gasteiger partial charge < -0.3 is 14.4 Å². The number of likely N-dealkylation sites (tertiary alicyclic amines) is 1. The van der Waals surface area contributed by atoms with Crippen LogP contribution in [0.1, 0.15) is 28.8 Å². The van der Waals surface area contributed by atoms with Gasteiger partial charge in [0, 0.05) is 36.8 Å². The first-order chi connectivity index (χ1) is 16.1. The molecule has 1 aromatic heterocycles. The van der Waals surface area contributed by atoms with Crippen molar-refractivity contribution in [3.63, 3.8) is 0 Å². The minimum Gasteiger partial charge on any atom is -0.438 e. The van der Waals surface area contributed by atoms with Crippen LogP contribution in [0.25, 0.3) is 0 Å². The average Bonchev–Trinajstić information content (AvgIpc) is 3.22. The van der Waals surface area contributed by atoms with Crippen molar-refractivity contribution in [3.05, 3.63) is 88.5 Å². The van der Waals surface area contributed by atoms with Gasteiger partial charge in [0.25, 0.3) is 5.91 Å². The molecule has 0 N–H and O–H groups in total. The van der Waals surface area contributed by atoms with Crippen LogP contribution in [-0.4, -0.2) is 52.7 Å². The lowest BCUT2D eigenvalue weighted by Crippen LogP contribution is -2.48. The highest BCUT2D eigenvalue weighted by atomic mass is 79.9. The zero-order chi connectivity index (χ0) is 22.7. The standard InChI is InChI=1S/C26H26BrN3O3/c27-21-7-4-6-20(16-21)17-29-18-26(32-19-29)11-14-30(15-12-26)25(31)23-10-5-13-28-24(23)33-22-8-2-1-3-9-22/h1-10,13,16H,11-12,14-15,17-19H2. The van der Waals surface area contributed by atoms with Crippen molar-refractivity contribution in [2.45, 2.75) is 25.0 Å². The van der Waals surface area contributed by atoms with E-state index in [2.05, 4.69) is 44.0 Å². The maximum Gasteiger partial charge on any atom is 0.259 e. The number of carbonyl (C=O) groups excluding carboxylic acids is 1. The second-order valence-corrected chi connectivity index (χ2v) is 9.55. The molecule has 2 aromatic carbocycles. The van der Waals surface area contributed by atoms with E-state index >= 15 is 0 Å². The number of nitrogens with zero attached hydrogens (tertiary/aromatic N) is 3. The molecule has 2 saturated heterocycles. The molecule has 5 rings (SSSR count). The van der Waals surface area contributed by atoms with E-state index < -0.39 is 0 Å². The summed E-state index contributed by atoms with van der Waals surface area (Å²) in [7, 11) is 0. The summed E-state index contributed by atoms with van der Waals surface area (Å²) in [6, 6.07) is 21.4. The van der Waals surface area contributed by atoms with Crippen molar-refractivity contribution in [2.75, 3.05) is 26.4 Å². The maximum absolute atomic E-state index is 13.3. The third kappa shape index (κ3) is 5.11. The second kappa shape index (κ2) is 9.63. The molecule has 0 radical (unpaired) electrons. The molecule has 0 atom stereocenters. The topological polar surface area (TPSA) is 54.9 Å². The summed E-state index contributed by atoms with van der Waals surface area (Å²) in [5.74, 6) is 0.951. The fourth-order valence-electron chi connectivity index (χ4n) is 4.55. The number of hydrogen-bond acceptors (Lipinski definition) is 5. The molecule has 170 valence electrons. The van der Waals surface area contributed by atoms with Gasteiger partial charge in [-0.3, -0.25) is 9.69 Å². The first kappa shape index (κ1) is 22.1. The smallest absolute Gasteiger partial charge is 0.259 e. The Morgan fingerprint density at radius 1 is 1.06 bits per heavy atom. The number of carbonyl (C=O) groups is 1. The van der Waals surface area contributed by atoms with E-state index in [1.807, 2.05) is 41.3 Å². The van der Waals surface area contributed by atoms with E-state index in [0.717, 1.165) is 30.4 Å². The van der Waals surface area contributed by atoms with Gasteiger partial charge in [-0.2, -0.15) is 0 Å². The molecule has 2 fully saturated rings. The highest BCUT2D eigenvalue weighted by Gasteiger charge is 2.43. The first-order valence-electron chi connectivity index (χ1n) is 11.2. The molecule has 33 heavy (non-hydrogen) atoms. The van der Waals surface area contributed by atoms with Crippen molar-refractivity contribution < 1.29 is 14.3 Å². The predicted molar refractivity (Wildman–Crippen MR) is 129 cm³/mol. The quantitative estimate of drug-likeness (QED) is 0.480. The van der Waals surface area contributed by atoms with E-state index in [0.29, 0.717) is 37.0 Å². The fraction of sp³-hybridized carbons (Fsp3) is 0.308. The van der Waals surface area contributed by atoms with Crippen LogP contribution in [0.3, 0.4) is 0 Å². The Kier molecular flexibility index (Phi) is 6.44. The molecule has 0 unspecified atom stereocenters. The van der Waals surface area contributed by atoms with E-state index in [1.54, 1.807) is 18.3 Å². The summed E-state index contributed by atoms with van der Waals surface area (Å²) in [5.41, 5.74) is 1.57. The predicted octanol–water partition coefficient (Wildman–Crippen LogP) is 5.10. The highest BCUT2D eigenvalue weighted by molar-refractivity contribution is 9.10. The molecule has 2 aliphatic heterocycles. The monoisotopic (exact) mass is 507 g/mol. The molecule has 7 heteroatoms. The highest BCUT2D eigenvalue weighted by Crippen LogP contribution is 2.34. The Bertz CT molecular complexity index is 1120. The van der Waals surface area contributed by atoms with Crippen molar-refractivity contribution >= 4 is 21.8 Å². The molecule has 6 nitrogen and oxygen atoms in total. The summed E-state index contributed by atoms with van der Waals surface area (Å²) in [6.07, 6.45) is 3.29. The lowest BCUT2D eigenvalue weighted by molar-refractivity contribution is -0.0353. The van der Waals surface area contributed by atoms with Crippen LogP contribution in [0.4, 0.5) is 0 Å². The Balaban J connectivity index is 1.21. The van der Waals surface area contributed by atoms with E-state index in [9.17, 15) is 4.79 Å². The SMILES string of the molecule is O=C(c1cccnc1Oc1ccccc1)N1CCC2(CC1)CN(Cc1cccc(Br)c1)CO2. The number of halogens is 1. The number of hydrogen-bond donors (Lipinski definition) is 0. The zero-order valence-electron chi connectivity index (χ0n) is 18.3. The van der Waals surface area contributed by atoms with Gasteiger partial charge in [-0.25, -0.2) is 4.98 Å². The largest absolute Gasteiger partial charge is 0.438 e. The Labute approximate surface area is 202 Å². The Morgan fingerprint density at radius 3 is 2.67 bits per heavy atom. The summed E-state index contributed by atoms with van der Waals surface area (Å²) < 4.78 is 13.3. The number of piperidine rings is 1. The van der Waals surface area contributed by atoms with Crippen LogP contribution < -0.4 is 4.74 Å². The molecular weight excluding hydrogens is 482 g/mol. The van der Waals surface area contributed by atoms with Crippen LogP contribution in [0.15, 0.2) is 77.4 Å². The normalized spacial score (nSPS) is 17.9. The van der Waals surface area contributed by atoms with Crippen LogP contribution >= 0.6 is 15.9 Å². The first-order valence-corrected chi connectivity index (χ1v) is 12.0. The molecule has 0 bridgehead atoms. The number of rotatable bonds is 5. The fourth-order valence-corrected chi connectivity index (χ4v) is 4.99. The zero-order valence-corrected chi connectivity index (χ0v) is 19.9. The van der Waals surface area contributed by atoms with Gasteiger partial charge in [-0.05, 0) is 54.8 Å². The van der Waals surface area contributed by atoms with E-state index in [4.69, 9.17) is 9.47 Å². The number of para-hydroxylation sites is 1. The average molecular weight is 508 g/mol. The van der Waals surface area contributed by atoms with E-state index in [1.165, 1.54) is 5.56 Å². The molecule has 1 amide bonds. The number of ether oxygens (including phenoxy) is 2. The van der Waals surface area contributed by atoms with Gasteiger partial charge in [0.1, 0.15) is 18.0 Å². The molecule has 0 saturated carbocycles. The maximum atomic E-state index is 13.3. The van der Waals surface area contributed by atoms with Gasteiger partial charge >= 0.3 is 0 Å². The third-order valence-corrected chi connectivity index (χ3v) is 6.77. The van der Waals surface area contributed by atoms with Gasteiger partial charge in [0.15, 0.2) is 0 Å². The van der Waals surface area contributed by atoms with Crippen LogP contribution in [-0.2, 0) is 11.3 Å². The minimum absolute atomic E-state index is 0.0483. The molecule has 3 heterocycles. The Hall–Kier alpha value is -2.74.